The number of aryl methyl sites for hydroxylation is 1. The molecule has 0 aliphatic heterocycles. The predicted octanol–water partition coefficient (Wildman–Crippen LogP) is 5.97. The molecule has 0 unspecified atom stereocenters. The Morgan fingerprint density at radius 2 is 1.73 bits per heavy atom. The Labute approximate surface area is 196 Å². The standard InChI is InChI=1S/C20H19Cl2N3O.Cl2OS/c1-13-17(19(22)25-20(23)24-13)10-16-8-7-15(11-21)9-18(16)26-12-14-5-3-2-4-6-14;1-4(2)3/h2-9H,10-12H2,1H3,(H2,23,24,25);. The Hall–Kier alpha value is -1.57. The van der Waals surface area contributed by atoms with Crippen molar-refractivity contribution in [2.45, 2.75) is 25.8 Å². The molecule has 0 bridgehead atoms. The lowest BCUT2D eigenvalue weighted by atomic mass is 10.0. The molecule has 160 valence electrons. The molecule has 0 radical (unpaired) electrons. The quantitative estimate of drug-likeness (QED) is 0.253. The van der Waals surface area contributed by atoms with Crippen molar-refractivity contribution in [3.8, 4) is 5.75 Å². The first-order chi connectivity index (χ1) is 14.3. The number of halogens is 4. The van der Waals surface area contributed by atoms with Gasteiger partial charge in [0.2, 0.25) is 15.2 Å². The maximum Gasteiger partial charge on any atom is 0.221 e. The molecular formula is C20H19Cl4N3O2S. The molecule has 3 aromatic rings. The van der Waals surface area contributed by atoms with Gasteiger partial charge in [0.25, 0.3) is 0 Å². The summed E-state index contributed by atoms with van der Waals surface area (Å²) >= 11 is 12.3. The van der Waals surface area contributed by atoms with Gasteiger partial charge in [-0.25, -0.2) is 14.2 Å². The molecule has 5 nitrogen and oxygen atoms in total. The summed E-state index contributed by atoms with van der Waals surface area (Å²) < 4.78 is 15.2. The monoisotopic (exact) mass is 505 g/mol. The fraction of sp³-hybridized carbons (Fsp3) is 0.200. The molecule has 0 aliphatic carbocycles. The van der Waals surface area contributed by atoms with Crippen LogP contribution in [0, 0.1) is 6.92 Å². The van der Waals surface area contributed by atoms with E-state index in [1.807, 2.05) is 55.5 Å². The minimum Gasteiger partial charge on any atom is -0.489 e. The Morgan fingerprint density at radius 3 is 2.33 bits per heavy atom. The zero-order valence-electron chi connectivity index (χ0n) is 15.9. The summed E-state index contributed by atoms with van der Waals surface area (Å²) in [6.07, 6.45) is 0.553. The number of hydrogen-bond acceptors (Lipinski definition) is 5. The minimum absolute atomic E-state index is 0.175. The summed E-state index contributed by atoms with van der Waals surface area (Å²) in [5.74, 6) is 1.38. The summed E-state index contributed by atoms with van der Waals surface area (Å²) in [5, 5.41) is 0.366. The lowest BCUT2D eigenvalue weighted by Gasteiger charge is -2.14. The maximum absolute atomic E-state index is 9.09. The fourth-order valence-corrected chi connectivity index (χ4v) is 3.13. The van der Waals surface area contributed by atoms with E-state index in [4.69, 9.17) is 37.9 Å². The number of aromatic nitrogens is 2. The number of alkyl halides is 1. The highest BCUT2D eigenvalue weighted by Gasteiger charge is 2.13. The average Bonchev–Trinajstić information content (AvgIpc) is 2.70. The van der Waals surface area contributed by atoms with Gasteiger partial charge in [-0.3, -0.25) is 0 Å². The van der Waals surface area contributed by atoms with E-state index in [1.165, 1.54) is 0 Å². The van der Waals surface area contributed by atoms with Gasteiger partial charge in [-0.05, 0) is 29.7 Å². The number of benzene rings is 2. The highest BCUT2D eigenvalue weighted by atomic mass is 36.0. The van der Waals surface area contributed by atoms with E-state index in [0.29, 0.717) is 24.1 Å². The van der Waals surface area contributed by atoms with Crippen LogP contribution in [0.3, 0.4) is 0 Å². The highest BCUT2D eigenvalue weighted by molar-refractivity contribution is 8.26. The van der Waals surface area contributed by atoms with Crippen molar-refractivity contribution < 1.29 is 8.95 Å². The Balaban J connectivity index is 0.000000735. The van der Waals surface area contributed by atoms with Gasteiger partial charge in [-0.2, -0.15) is 0 Å². The van der Waals surface area contributed by atoms with Gasteiger partial charge < -0.3 is 10.5 Å². The first-order valence-corrected chi connectivity index (χ1v) is 12.4. The number of anilines is 1. The van der Waals surface area contributed by atoms with Crippen LogP contribution >= 0.6 is 44.6 Å². The molecule has 3 rings (SSSR count). The zero-order chi connectivity index (χ0) is 22.1. The number of nitrogens with zero attached hydrogens (tertiary/aromatic N) is 2. The van der Waals surface area contributed by atoms with Crippen LogP contribution in [0.25, 0.3) is 0 Å². The summed E-state index contributed by atoms with van der Waals surface area (Å²) in [6, 6.07) is 16.0. The third-order valence-corrected chi connectivity index (χ3v) is 4.69. The molecule has 1 aromatic heterocycles. The van der Waals surface area contributed by atoms with Crippen LogP contribution < -0.4 is 10.5 Å². The van der Waals surface area contributed by atoms with Crippen molar-refractivity contribution in [3.63, 3.8) is 0 Å². The van der Waals surface area contributed by atoms with E-state index in [1.54, 1.807) is 0 Å². The van der Waals surface area contributed by atoms with E-state index < -0.39 is 9.23 Å². The normalized spacial score (nSPS) is 10.5. The van der Waals surface area contributed by atoms with Gasteiger partial charge in [0.1, 0.15) is 17.5 Å². The Morgan fingerprint density at radius 1 is 1.07 bits per heavy atom. The number of rotatable bonds is 6. The van der Waals surface area contributed by atoms with Crippen LogP contribution in [0.5, 0.6) is 5.75 Å². The highest BCUT2D eigenvalue weighted by Crippen LogP contribution is 2.28. The summed E-state index contributed by atoms with van der Waals surface area (Å²) in [4.78, 5) is 8.27. The molecule has 10 heteroatoms. The second-order valence-corrected chi connectivity index (χ2v) is 9.30. The minimum atomic E-state index is -1.67. The van der Waals surface area contributed by atoms with Crippen LogP contribution in [0.2, 0.25) is 5.15 Å². The van der Waals surface area contributed by atoms with E-state index in [9.17, 15) is 0 Å². The first-order valence-electron chi connectivity index (χ1n) is 8.67. The van der Waals surface area contributed by atoms with Crippen LogP contribution in [0.1, 0.15) is 27.9 Å². The largest absolute Gasteiger partial charge is 0.489 e. The Kier molecular flexibility index (Phi) is 10.1. The molecule has 2 N–H and O–H groups in total. The summed E-state index contributed by atoms with van der Waals surface area (Å²) in [5.41, 5.74) is 10.3. The SMILES string of the molecule is Cc1nc(N)nc(Cl)c1Cc1ccc(CCl)cc1OCc1ccccc1.O=S(Cl)Cl. The molecule has 2 aromatic carbocycles. The average molecular weight is 507 g/mol. The topological polar surface area (TPSA) is 78.1 Å². The molecular weight excluding hydrogens is 488 g/mol. The number of hydrogen-bond donors (Lipinski definition) is 1. The van der Waals surface area contributed by atoms with Crippen molar-refractivity contribution in [3.05, 3.63) is 81.6 Å². The van der Waals surface area contributed by atoms with Crippen molar-refractivity contribution in [2.24, 2.45) is 0 Å². The second kappa shape index (κ2) is 12.3. The van der Waals surface area contributed by atoms with Gasteiger partial charge in [0.05, 0.1) is 0 Å². The van der Waals surface area contributed by atoms with E-state index >= 15 is 0 Å². The second-order valence-electron chi connectivity index (χ2n) is 6.15. The predicted molar refractivity (Wildman–Crippen MR) is 126 cm³/mol. The molecule has 0 amide bonds. The van der Waals surface area contributed by atoms with E-state index in [0.717, 1.165) is 33.7 Å². The van der Waals surface area contributed by atoms with Crippen molar-refractivity contribution >= 4 is 59.7 Å². The number of nitrogen functional groups attached to an aromatic ring is 1. The molecule has 1 heterocycles. The van der Waals surface area contributed by atoms with Gasteiger partial charge >= 0.3 is 0 Å². The number of ether oxygens (including phenoxy) is 1. The fourth-order valence-electron chi connectivity index (χ4n) is 2.67. The zero-order valence-corrected chi connectivity index (χ0v) is 19.8. The molecule has 0 atom stereocenters. The van der Waals surface area contributed by atoms with Crippen molar-refractivity contribution in [1.29, 1.82) is 0 Å². The lowest BCUT2D eigenvalue weighted by molar-refractivity contribution is 0.303. The van der Waals surface area contributed by atoms with E-state index in [2.05, 4.69) is 31.3 Å². The molecule has 0 spiro atoms. The van der Waals surface area contributed by atoms with Crippen LogP contribution in [-0.4, -0.2) is 14.2 Å². The molecule has 0 fully saturated rings. The summed E-state index contributed by atoms with van der Waals surface area (Å²) in [7, 11) is 7.36. The van der Waals surface area contributed by atoms with E-state index in [-0.39, 0.29) is 5.95 Å². The van der Waals surface area contributed by atoms with Crippen molar-refractivity contribution in [1.82, 2.24) is 9.97 Å². The maximum atomic E-state index is 9.09. The summed E-state index contributed by atoms with van der Waals surface area (Å²) in [6.45, 7) is 2.35. The first kappa shape index (κ1) is 24.7. The van der Waals surface area contributed by atoms with Crippen LogP contribution in [0.15, 0.2) is 48.5 Å². The third-order valence-electron chi connectivity index (χ3n) is 4.07. The smallest absolute Gasteiger partial charge is 0.221 e. The molecule has 0 saturated carbocycles. The molecule has 0 aliphatic rings. The van der Waals surface area contributed by atoms with Gasteiger partial charge in [0, 0.05) is 44.9 Å². The number of nitrogens with two attached hydrogens (primary N) is 1. The van der Waals surface area contributed by atoms with Gasteiger partial charge in [-0.1, -0.05) is 54.1 Å². The van der Waals surface area contributed by atoms with Gasteiger partial charge in [0.15, 0.2) is 0 Å². The van der Waals surface area contributed by atoms with Crippen LogP contribution in [0.4, 0.5) is 5.95 Å². The molecule has 30 heavy (non-hydrogen) atoms. The van der Waals surface area contributed by atoms with Gasteiger partial charge in [-0.15, -0.1) is 11.6 Å². The van der Waals surface area contributed by atoms with Crippen LogP contribution in [-0.2, 0) is 28.1 Å². The Bertz CT molecular complexity index is 980. The lowest BCUT2D eigenvalue weighted by Crippen LogP contribution is -2.05. The van der Waals surface area contributed by atoms with Crippen molar-refractivity contribution in [2.75, 3.05) is 5.73 Å². The molecule has 0 saturated heterocycles. The third kappa shape index (κ3) is 7.93.